The van der Waals surface area contributed by atoms with Crippen LogP contribution < -0.4 is 10.5 Å². The van der Waals surface area contributed by atoms with Gasteiger partial charge in [-0.25, -0.2) is 18.1 Å². The van der Waals surface area contributed by atoms with Gasteiger partial charge in [0, 0.05) is 25.3 Å². The highest BCUT2D eigenvalue weighted by atomic mass is 32.2. The number of nitrogens with one attached hydrogen (secondary N) is 1. The van der Waals surface area contributed by atoms with Crippen molar-refractivity contribution in [1.29, 1.82) is 0 Å². The van der Waals surface area contributed by atoms with E-state index in [4.69, 9.17) is 5.73 Å². The van der Waals surface area contributed by atoms with Gasteiger partial charge in [-0.2, -0.15) is 0 Å². The van der Waals surface area contributed by atoms with Crippen LogP contribution in [0.1, 0.15) is 27.7 Å². The zero-order valence-electron chi connectivity index (χ0n) is 11.3. The summed E-state index contributed by atoms with van der Waals surface area (Å²) in [4.78, 5) is 3.90. The van der Waals surface area contributed by atoms with Gasteiger partial charge in [0.2, 0.25) is 0 Å². The van der Waals surface area contributed by atoms with Gasteiger partial charge in [0.05, 0.1) is 6.33 Å². The van der Waals surface area contributed by atoms with Gasteiger partial charge in [-0.3, -0.25) is 0 Å². The number of rotatable bonds is 5. The SMILES string of the molecule is CCn1cnc(S(=O)(=O)NC(CN)C(C)(C)C)c1. The molecule has 3 N–H and O–H groups in total. The van der Waals surface area contributed by atoms with E-state index in [0.717, 1.165) is 0 Å². The molecule has 0 amide bonds. The van der Waals surface area contributed by atoms with Gasteiger partial charge in [-0.15, -0.1) is 0 Å². The molecule has 0 aliphatic rings. The van der Waals surface area contributed by atoms with E-state index in [9.17, 15) is 8.42 Å². The largest absolute Gasteiger partial charge is 0.336 e. The summed E-state index contributed by atoms with van der Waals surface area (Å²) in [7, 11) is -3.61. The van der Waals surface area contributed by atoms with Crippen LogP contribution in [0.5, 0.6) is 0 Å². The van der Waals surface area contributed by atoms with Gasteiger partial charge in [0.15, 0.2) is 5.03 Å². The van der Waals surface area contributed by atoms with E-state index >= 15 is 0 Å². The van der Waals surface area contributed by atoms with Crippen molar-refractivity contribution in [3.63, 3.8) is 0 Å². The first-order valence-electron chi connectivity index (χ1n) is 5.95. The maximum Gasteiger partial charge on any atom is 0.259 e. The van der Waals surface area contributed by atoms with E-state index in [0.29, 0.717) is 6.54 Å². The minimum absolute atomic E-state index is 0.0343. The first kappa shape index (κ1) is 15.1. The third kappa shape index (κ3) is 3.54. The van der Waals surface area contributed by atoms with Crippen LogP contribution in [0.2, 0.25) is 0 Å². The number of nitrogens with two attached hydrogens (primary N) is 1. The number of hydrogen-bond donors (Lipinski definition) is 2. The van der Waals surface area contributed by atoms with E-state index < -0.39 is 10.0 Å². The third-order valence-corrected chi connectivity index (χ3v) is 4.18. The summed E-state index contributed by atoms with van der Waals surface area (Å²) in [5, 5.41) is 0.0343. The summed E-state index contributed by atoms with van der Waals surface area (Å²) in [6.07, 6.45) is 3.02. The average molecular weight is 274 g/mol. The Balaban J connectivity index is 2.94. The quantitative estimate of drug-likeness (QED) is 0.820. The Morgan fingerprint density at radius 3 is 2.50 bits per heavy atom. The number of hydrogen-bond acceptors (Lipinski definition) is 4. The number of aromatic nitrogens is 2. The highest BCUT2D eigenvalue weighted by Gasteiger charge is 2.29. The maximum atomic E-state index is 12.1. The summed E-state index contributed by atoms with van der Waals surface area (Å²) in [6, 6.07) is -0.325. The van der Waals surface area contributed by atoms with E-state index in [1.807, 2.05) is 27.7 Å². The molecule has 0 aromatic carbocycles. The van der Waals surface area contributed by atoms with E-state index in [1.54, 1.807) is 4.57 Å². The van der Waals surface area contributed by atoms with Crippen LogP contribution in [0.3, 0.4) is 0 Å². The van der Waals surface area contributed by atoms with Gasteiger partial charge in [0.25, 0.3) is 10.0 Å². The summed E-state index contributed by atoms with van der Waals surface area (Å²) in [5.41, 5.74) is 5.38. The van der Waals surface area contributed by atoms with E-state index in [1.165, 1.54) is 12.5 Å². The van der Waals surface area contributed by atoms with Crippen LogP contribution in [0.4, 0.5) is 0 Å². The van der Waals surface area contributed by atoms with Crippen molar-refractivity contribution in [2.75, 3.05) is 6.54 Å². The Hall–Kier alpha value is -0.920. The van der Waals surface area contributed by atoms with Gasteiger partial charge < -0.3 is 10.3 Å². The molecular formula is C11H22N4O2S. The average Bonchev–Trinajstić information content (AvgIpc) is 2.73. The lowest BCUT2D eigenvalue weighted by Crippen LogP contribution is -2.48. The molecule has 6 nitrogen and oxygen atoms in total. The van der Waals surface area contributed by atoms with Crippen molar-refractivity contribution in [3.8, 4) is 0 Å². The van der Waals surface area contributed by atoms with Crippen molar-refractivity contribution in [1.82, 2.24) is 14.3 Å². The Labute approximate surface area is 109 Å². The maximum absolute atomic E-state index is 12.1. The summed E-state index contributed by atoms with van der Waals surface area (Å²) >= 11 is 0. The molecule has 1 heterocycles. The van der Waals surface area contributed by atoms with Crippen molar-refractivity contribution in [3.05, 3.63) is 12.5 Å². The standard InChI is InChI=1S/C11H22N4O2S/c1-5-15-7-10(13-8-15)18(16,17)14-9(6-12)11(2,3)4/h7-9,14H,5-6,12H2,1-4H3. The monoisotopic (exact) mass is 274 g/mol. The van der Waals surface area contributed by atoms with Crippen LogP contribution in [0.25, 0.3) is 0 Å². The molecule has 1 rings (SSSR count). The molecule has 1 aromatic heterocycles. The molecule has 104 valence electrons. The zero-order valence-corrected chi connectivity index (χ0v) is 12.2. The fraction of sp³-hybridized carbons (Fsp3) is 0.727. The second-order valence-electron chi connectivity index (χ2n) is 5.32. The lowest BCUT2D eigenvalue weighted by atomic mass is 9.88. The Morgan fingerprint density at radius 2 is 2.11 bits per heavy atom. The Morgan fingerprint density at radius 1 is 1.50 bits per heavy atom. The summed E-state index contributed by atoms with van der Waals surface area (Å²) in [5.74, 6) is 0. The highest BCUT2D eigenvalue weighted by Crippen LogP contribution is 2.20. The molecule has 1 atom stereocenters. The zero-order chi connectivity index (χ0) is 14.0. The molecule has 0 saturated carbocycles. The van der Waals surface area contributed by atoms with Gasteiger partial charge >= 0.3 is 0 Å². The summed E-state index contributed by atoms with van der Waals surface area (Å²) < 4.78 is 28.6. The fourth-order valence-corrected chi connectivity index (χ4v) is 2.88. The van der Waals surface area contributed by atoms with Crippen LogP contribution in [-0.4, -0.2) is 30.6 Å². The predicted molar refractivity (Wildman–Crippen MR) is 70.5 cm³/mol. The number of aryl methyl sites for hydroxylation is 1. The first-order valence-corrected chi connectivity index (χ1v) is 7.43. The molecule has 0 saturated heterocycles. The molecule has 1 unspecified atom stereocenters. The summed E-state index contributed by atoms with van der Waals surface area (Å²) in [6.45, 7) is 8.68. The molecule has 0 bridgehead atoms. The lowest BCUT2D eigenvalue weighted by molar-refractivity contribution is 0.304. The Kier molecular flexibility index (Phi) is 4.52. The van der Waals surface area contributed by atoms with E-state index in [2.05, 4.69) is 9.71 Å². The topological polar surface area (TPSA) is 90.0 Å². The van der Waals surface area contributed by atoms with Crippen LogP contribution in [0, 0.1) is 5.41 Å². The van der Waals surface area contributed by atoms with Crippen molar-refractivity contribution in [2.24, 2.45) is 11.1 Å². The highest BCUT2D eigenvalue weighted by molar-refractivity contribution is 7.89. The van der Waals surface area contributed by atoms with E-state index in [-0.39, 0.29) is 23.0 Å². The number of nitrogens with zero attached hydrogens (tertiary/aromatic N) is 2. The third-order valence-electron chi connectivity index (χ3n) is 2.83. The van der Waals surface area contributed by atoms with Crippen molar-refractivity contribution < 1.29 is 8.42 Å². The van der Waals surface area contributed by atoms with Crippen LogP contribution in [0.15, 0.2) is 17.6 Å². The number of sulfonamides is 1. The molecule has 7 heteroatoms. The second-order valence-corrected chi connectivity index (χ2v) is 6.98. The molecule has 0 spiro atoms. The van der Waals surface area contributed by atoms with Crippen LogP contribution >= 0.6 is 0 Å². The number of imidazole rings is 1. The van der Waals surface area contributed by atoms with Crippen molar-refractivity contribution in [2.45, 2.75) is 45.3 Å². The molecular weight excluding hydrogens is 252 g/mol. The van der Waals surface area contributed by atoms with Gasteiger partial charge in [-0.1, -0.05) is 20.8 Å². The minimum atomic E-state index is -3.61. The Bertz CT molecular complexity index is 487. The molecule has 0 radical (unpaired) electrons. The molecule has 0 fully saturated rings. The molecule has 1 aromatic rings. The van der Waals surface area contributed by atoms with Gasteiger partial charge in [-0.05, 0) is 12.3 Å². The van der Waals surface area contributed by atoms with Gasteiger partial charge in [0.1, 0.15) is 0 Å². The van der Waals surface area contributed by atoms with Crippen molar-refractivity contribution >= 4 is 10.0 Å². The normalized spacial score (nSPS) is 14.7. The molecule has 18 heavy (non-hydrogen) atoms. The smallest absolute Gasteiger partial charge is 0.259 e. The fourth-order valence-electron chi connectivity index (χ4n) is 1.48. The second kappa shape index (κ2) is 5.38. The molecule has 0 aliphatic carbocycles. The first-order chi connectivity index (χ1) is 8.20. The van der Waals surface area contributed by atoms with Crippen LogP contribution in [-0.2, 0) is 16.6 Å². The predicted octanol–water partition coefficient (Wildman–Crippen LogP) is 0.555. The lowest BCUT2D eigenvalue weighted by Gasteiger charge is -2.29. The molecule has 0 aliphatic heterocycles. The minimum Gasteiger partial charge on any atom is -0.336 e.